The third-order valence-electron chi connectivity index (χ3n) is 3.77. The summed E-state index contributed by atoms with van der Waals surface area (Å²) in [5.41, 5.74) is 1.06. The molecule has 0 unspecified atom stereocenters. The number of hydrogen-bond donors (Lipinski definition) is 1. The third kappa shape index (κ3) is 3.22. The summed E-state index contributed by atoms with van der Waals surface area (Å²) in [6.45, 7) is 0.651. The minimum Gasteiger partial charge on any atom is -0.352 e. The van der Waals surface area contributed by atoms with Gasteiger partial charge in [0, 0.05) is 17.7 Å². The number of halogens is 1. The Kier molecular flexibility index (Phi) is 4.00. The average molecular weight is 297 g/mol. The summed E-state index contributed by atoms with van der Waals surface area (Å²) in [5.74, 6) is -0.342. The van der Waals surface area contributed by atoms with E-state index in [1.165, 1.54) is 24.3 Å². The van der Waals surface area contributed by atoms with Crippen molar-refractivity contribution in [3.63, 3.8) is 0 Å². The molecule has 0 bridgehead atoms. The van der Waals surface area contributed by atoms with Crippen LogP contribution in [0.25, 0.3) is 0 Å². The highest BCUT2D eigenvalue weighted by molar-refractivity contribution is 6.15. The Morgan fingerprint density at radius 3 is 2.27 bits per heavy atom. The fourth-order valence-corrected chi connectivity index (χ4v) is 2.29. The van der Waals surface area contributed by atoms with Crippen molar-refractivity contribution in [2.75, 3.05) is 6.54 Å². The van der Waals surface area contributed by atoms with E-state index in [-0.39, 0.29) is 11.7 Å². The highest BCUT2D eigenvalue weighted by Crippen LogP contribution is 2.27. The number of benzene rings is 2. The van der Waals surface area contributed by atoms with E-state index in [2.05, 4.69) is 5.32 Å². The second kappa shape index (κ2) is 6.10. The van der Waals surface area contributed by atoms with Gasteiger partial charge in [-0.3, -0.25) is 9.59 Å². The molecule has 1 N–H and O–H groups in total. The van der Waals surface area contributed by atoms with Crippen LogP contribution in [-0.4, -0.2) is 18.2 Å². The van der Waals surface area contributed by atoms with Gasteiger partial charge in [-0.25, -0.2) is 4.39 Å². The molecule has 2 aromatic carbocycles. The molecule has 1 fully saturated rings. The molecule has 2 aromatic rings. The first-order valence-corrected chi connectivity index (χ1v) is 7.32. The molecular formula is C18H16FNO2. The summed E-state index contributed by atoms with van der Waals surface area (Å²) in [4.78, 5) is 24.8. The van der Waals surface area contributed by atoms with Gasteiger partial charge < -0.3 is 5.32 Å². The standard InChI is InChI=1S/C18H16FNO2/c19-14-9-7-13(8-10-14)17(21)15-3-1-2-4-16(15)18(22)20-11-12-5-6-12/h1-4,7-10,12H,5-6,11H2,(H,20,22). The monoisotopic (exact) mass is 297 g/mol. The largest absolute Gasteiger partial charge is 0.352 e. The maximum atomic E-state index is 13.0. The van der Waals surface area contributed by atoms with Gasteiger partial charge in [-0.2, -0.15) is 0 Å². The van der Waals surface area contributed by atoms with Crippen molar-refractivity contribution in [3.05, 3.63) is 71.0 Å². The van der Waals surface area contributed by atoms with Gasteiger partial charge in [0.15, 0.2) is 5.78 Å². The predicted octanol–water partition coefficient (Wildman–Crippen LogP) is 3.20. The van der Waals surface area contributed by atoms with Crippen LogP contribution in [0.3, 0.4) is 0 Å². The number of carbonyl (C=O) groups is 2. The summed E-state index contributed by atoms with van der Waals surface area (Å²) >= 11 is 0. The van der Waals surface area contributed by atoms with Crippen molar-refractivity contribution in [3.8, 4) is 0 Å². The lowest BCUT2D eigenvalue weighted by atomic mass is 9.98. The topological polar surface area (TPSA) is 46.2 Å². The number of nitrogens with one attached hydrogen (secondary N) is 1. The third-order valence-corrected chi connectivity index (χ3v) is 3.77. The van der Waals surface area contributed by atoms with Crippen molar-refractivity contribution in [1.29, 1.82) is 0 Å². The van der Waals surface area contributed by atoms with Crippen LogP contribution < -0.4 is 5.32 Å². The van der Waals surface area contributed by atoms with E-state index in [1.807, 2.05) is 0 Å². The maximum Gasteiger partial charge on any atom is 0.252 e. The lowest BCUT2D eigenvalue weighted by Crippen LogP contribution is -2.27. The van der Waals surface area contributed by atoms with Crippen molar-refractivity contribution < 1.29 is 14.0 Å². The minimum absolute atomic E-state index is 0.238. The molecule has 112 valence electrons. The number of ketones is 1. The molecule has 0 atom stereocenters. The van der Waals surface area contributed by atoms with E-state index in [0.717, 1.165) is 12.8 Å². The molecule has 3 rings (SSSR count). The summed E-state index contributed by atoms with van der Waals surface area (Å²) in [7, 11) is 0. The van der Waals surface area contributed by atoms with Crippen molar-refractivity contribution in [2.45, 2.75) is 12.8 Å². The van der Waals surface area contributed by atoms with Gasteiger partial charge in [0.05, 0.1) is 5.56 Å². The zero-order valence-electron chi connectivity index (χ0n) is 12.0. The first-order chi connectivity index (χ1) is 10.6. The van der Waals surface area contributed by atoms with Crippen LogP contribution in [0.15, 0.2) is 48.5 Å². The molecule has 0 heterocycles. The molecule has 3 nitrogen and oxygen atoms in total. The van der Waals surface area contributed by atoms with Crippen LogP contribution in [0.2, 0.25) is 0 Å². The molecule has 1 saturated carbocycles. The van der Waals surface area contributed by atoms with Gasteiger partial charge in [-0.1, -0.05) is 18.2 Å². The maximum absolute atomic E-state index is 13.0. The lowest BCUT2D eigenvalue weighted by Gasteiger charge is -2.09. The molecule has 22 heavy (non-hydrogen) atoms. The molecule has 0 radical (unpaired) electrons. The molecule has 0 spiro atoms. The molecule has 1 aliphatic carbocycles. The van der Waals surface area contributed by atoms with E-state index in [4.69, 9.17) is 0 Å². The van der Waals surface area contributed by atoms with E-state index in [9.17, 15) is 14.0 Å². The van der Waals surface area contributed by atoms with Crippen LogP contribution in [0.1, 0.15) is 39.1 Å². The fraction of sp³-hybridized carbons (Fsp3) is 0.222. The lowest BCUT2D eigenvalue weighted by molar-refractivity contribution is 0.0940. The molecule has 1 amide bonds. The second-order valence-electron chi connectivity index (χ2n) is 5.54. The molecular weight excluding hydrogens is 281 g/mol. The number of rotatable bonds is 5. The summed E-state index contributed by atoms with van der Waals surface area (Å²) in [5, 5.41) is 2.87. The predicted molar refractivity (Wildman–Crippen MR) is 81.3 cm³/mol. The van der Waals surface area contributed by atoms with Crippen molar-refractivity contribution in [1.82, 2.24) is 5.32 Å². The average Bonchev–Trinajstić information content (AvgIpc) is 3.37. The summed E-state index contributed by atoms with van der Waals surface area (Å²) in [6, 6.07) is 12.0. The normalized spacial score (nSPS) is 13.7. The highest BCUT2D eigenvalue weighted by Gasteiger charge is 2.23. The van der Waals surface area contributed by atoms with Crippen molar-refractivity contribution >= 4 is 11.7 Å². The quantitative estimate of drug-likeness (QED) is 0.861. The van der Waals surface area contributed by atoms with E-state index >= 15 is 0 Å². The van der Waals surface area contributed by atoms with Crippen LogP contribution in [0.5, 0.6) is 0 Å². The van der Waals surface area contributed by atoms with Crippen LogP contribution in [0, 0.1) is 11.7 Å². The SMILES string of the molecule is O=C(NCC1CC1)c1ccccc1C(=O)c1ccc(F)cc1. The molecule has 1 aliphatic rings. The van der Waals surface area contributed by atoms with Gasteiger partial charge in [-0.05, 0) is 49.1 Å². The first kappa shape index (κ1) is 14.4. The van der Waals surface area contributed by atoms with Gasteiger partial charge >= 0.3 is 0 Å². The smallest absolute Gasteiger partial charge is 0.252 e. The number of hydrogen-bond acceptors (Lipinski definition) is 2. The van der Waals surface area contributed by atoms with Gasteiger partial charge in [0.2, 0.25) is 0 Å². The zero-order chi connectivity index (χ0) is 15.5. The fourth-order valence-electron chi connectivity index (χ4n) is 2.29. The molecule has 0 aliphatic heterocycles. The Bertz CT molecular complexity index is 705. The zero-order valence-corrected chi connectivity index (χ0v) is 12.0. The van der Waals surface area contributed by atoms with Crippen LogP contribution >= 0.6 is 0 Å². The molecule has 4 heteroatoms. The number of carbonyl (C=O) groups excluding carboxylic acids is 2. The van der Waals surface area contributed by atoms with E-state index in [0.29, 0.717) is 29.2 Å². The Morgan fingerprint density at radius 1 is 1.00 bits per heavy atom. The van der Waals surface area contributed by atoms with Gasteiger partial charge in [0.25, 0.3) is 5.91 Å². The molecule has 0 aromatic heterocycles. The Labute approximate surface area is 128 Å². The van der Waals surface area contributed by atoms with Crippen molar-refractivity contribution in [2.24, 2.45) is 5.92 Å². The summed E-state index contributed by atoms with van der Waals surface area (Å²) in [6.07, 6.45) is 2.30. The Balaban J connectivity index is 1.84. The minimum atomic E-state index is -0.396. The number of amides is 1. The van der Waals surface area contributed by atoms with Crippen LogP contribution in [0.4, 0.5) is 4.39 Å². The second-order valence-corrected chi connectivity index (χ2v) is 5.54. The highest BCUT2D eigenvalue weighted by atomic mass is 19.1. The first-order valence-electron chi connectivity index (χ1n) is 7.32. The van der Waals surface area contributed by atoms with Gasteiger partial charge in [0.1, 0.15) is 5.82 Å². The van der Waals surface area contributed by atoms with Crippen LogP contribution in [-0.2, 0) is 0 Å². The van der Waals surface area contributed by atoms with Gasteiger partial charge in [-0.15, -0.1) is 0 Å². The Hall–Kier alpha value is -2.49. The van der Waals surface area contributed by atoms with E-state index in [1.54, 1.807) is 24.3 Å². The Morgan fingerprint density at radius 2 is 1.64 bits per heavy atom. The molecule has 0 saturated heterocycles. The van der Waals surface area contributed by atoms with E-state index < -0.39 is 5.82 Å². The summed E-state index contributed by atoms with van der Waals surface area (Å²) < 4.78 is 13.0.